The van der Waals surface area contributed by atoms with Gasteiger partial charge in [-0.25, -0.2) is 0 Å². The summed E-state index contributed by atoms with van der Waals surface area (Å²) >= 11 is 0. The fourth-order valence-electron chi connectivity index (χ4n) is 6.10. The second-order valence-corrected chi connectivity index (χ2v) is 14.7. The van der Waals surface area contributed by atoms with Crippen LogP contribution in [-0.4, -0.2) is 37.2 Å². The topological polar surface area (TPSA) is 78.9 Å². The van der Waals surface area contributed by atoms with Gasteiger partial charge in [0.05, 0.1) is 0 Å². The number of esters is 3. The molecule has 0 radical (unpaired) electrons. The predicted molar refractivity (Wildman–Crippen MR) is 201 cm³/mol. The molecule has 0 heterocycles. The first kappa shape index (κ1) is 46.4. The van der Waals surface area contributed by atoms with E-state index in [1.54, 1.807) is 0 Å². The van der Waals surface area contributed by atoms with Gasteiger partial charge in [-0.3, -0.25) is 14.4 Å². The van der Waals surface area contributed by atoms with Crippen LogP contribution in [0.3, 0.4) is 0 Å². The average molecular weight is 681 g/mol. The lowest BCUT2D eigenvalue weighted by atomic mass is 10.0. The van der Waals surface area contributed by atoms with E-state index in [0.29, 0.717) is 19.3 Å². The SMILES string of the molecule is CCCCCCCCCCCCCCCC(=O)O[C@H](COC(=O)CCCCCCCCC)COC(=O)CCCCCCCCCC(C)C. The van der Waals surface area contributed by atoms with Crippen LogP contribution in [0.2, 0.25) is 0 Å². The second kappa shape index (κ2) is 36.7. The maximum atomic E-state index is 12.6. The van der Waals surface area contributed by atoms with Gasteiger partial charge >= 0.3 is 17.9 Å². The van der Waals surface area contributed by atoms with Gasteiger partial charge in [0.1, 0.15) is 13.2 Å². The van der Waals surface area contributed by atoms with E-state index in [-0.39, 0.29) is 31.1 Å². The van der Waals surface area contributed by atoms with Crippen LogP contribution in [0.5, 0.6) is 0 Å². The summed E-state index contributed by atoms with van der Waals surface area (Å²) in [6, 6.07) is 0. The molecule has 0 aliphatic rings. The highest BCUT2D eigenvalue weighted by Gasteiger charge is 2.19. The molecule has 6 nitrogen and oxygen atoms in total. The smallest absolute Gasteiger partial charge is 0.306 e. The highest BCUT2D eigenvalue weighted by atomic mass is 16.6. The standard InChI is InChI=1S/C42H80O6/c1-5-7-9-11-13-14-15-16-17-18-22-27-31-35-42(45)48-39(36-46-40(43)33-29-25-20-12-10-8-6-2)37-47-41(44)34-30-26-23-19-21-24-28-32-38(3)4/h38-39H,5-37H2,1-4H3/t39-/m1/s1. The van der Waals surface area contributed by atoms with E-state index in [1.165, 1.54) is 122 Å². The molecule has 0 rings (SSSR count). The molecule has 48 heavy (non-hydrogen) atoms. The number of rotatable bonds is 37. The summed E-state index contributed by atoms with van der Waals surface area (Å²) in [4.78, 5) is 37.4. The molecule has 0 saturated carbocycles. The Morgan fingerprint density at radius 1 is 0.396 bits per heavy atom. The van der Waals surface area contributed by atoms with Crippen molar-refractivity contribution in [1.82, 2.24) is 0 Å². The molecule has 0 aromatic carbocycles. The minimum Gasteiger partial charge on any atom is -0.462 e. The van der Waals surface area contributed by atoms with Gasteiger partial charge in [-0.05, 0) is 25.2 Å². The maximum Gasteiger partial charge on any atom is 0.306 e. The fraction of sp³-hybridized carbons (Fsp3) is 0.929. The van der Waals surface area contributed by atoms with Crippen molar-refractivity contribution in [2.75, 3.05) is 13.2 Å². The van der Waals surface area contributed by atoms with Crippen LogP contribution in [0, 0.1) is 5.92 Å². The van der Waals surface area contributed by atoms with Crippen LogP contribution in [-0.2, 0) is 28.6 Å². The normalized spacial score (nSPS) is 11.9. The molecule has 0 aromatic rings. The van der Waals surface area contributed by atoms with Crippen molar-refractivity contribution >= 4 is 17.9 Å². The summed E-state index contributed by atoms with van der Waals surface area (Å²) in [7, 11) is 0. The molecule has 0 saturated heterocycles. The lowest BCUT2D eigenvalue weighted by molar-refractivity contribution is -0.167. The van der Waals surface area contributed by atoms with Crippen molar-refractivity contribution in [3.63, 3.8) is 0 Å². The number of unbranched alkanes of at least 4 members (excludes halogenated alkanes) is 24. The molecule has 0 aliphatic heterocycles. The zero-order valence-corrected chi connectivity index (χ0v) is 32.4. The number of ether oxygens (including phenoxy) is 3. The minimum absolute atomic E-state index is 0.0657. The van der Waals surface area contributed by atoms with Gasteiger partial charge < -0.3 is 14.2 Å². The Morgan fingerprint density at radius 3 is 1.02 bits per heavy atom. The van der Waals surface area contributed by atoms with E-state index in [4.69, 9.17) is 14.2 Å². The first-order chi connectivity index (χ1) is 23.4. The third-order valence-electron chi connectivity index (χ3n) is 9.29. The van der Waals surface area contributed by atoms with Crippen molar-refractivity contribution in [1.29, 1.82) is 0 Å². The lowest BCUT2D eigenvalue weighted by Gasteiger charge is -2.18. The van der Waals surface area contributed by atoms with Gasteiger partial charge in [0.25, 0.3) is 0 Å². The monoisotopic (exact) mass is 681 g/mol. The van der Waals surface area contributed by atoms with E-state index in [0.717, 1.165) is 63.7 Å². The third-order valence-corrected chi connectivity index (χ3v) is 9.29. The lowest BCUT2D eigenvalue weighted by Crippen LogP contribution is -2.30. The van der Waals surface area contributed by atoms with Crippen molar-refractivity contribution < 1.29 is 28.6 Å². The Labute approximate surface area is 298 Å². The van der Waals surface area contributed by atoms with Crippen LogP contribution in [0.15, 0.2) is 0 Å². The van der Waals surface area contributed by atoms with Crippen LogP contribution < -0.4 is 0 Å². The molecule has 0 spiro atoms. The van der Waals surface area contributed by atoms with Gasteiger partial charge in [-0.2, -0.15) is 0 Å². The first-order valence-electron chi connectivity index (χ1n) is 20.9. The summed E-state index contributed by atoms with van der Waals surface area (Å²) in [5.41, 5.74) is 0. The maximum absolute atomic E-state index is 12.6. The van der Waals surface area contributed by atoms with Crippen LogP contribution in [0.4, 0.5) is 0 Å². The molecule has 0 amide bonds. The Hall–Kier alpha value is -1.59. The molecule has 0 aliphatic carbocycles. The number of carbonyl (C=O) groups is 3. The summed E-state index contributed by atoms with van der Waals surface area (Å²) < 4.78 is 16.6. The first-order valence-corrected chi connectivity index (χ1v) is 20.9. The number of carbonyl (C=O) groups excluding carboxylic acids is 3. The van der Waals surface area contributed by atoms with E-state index in [9.17, 15) is 14.4 Å². The molecule has 0 fully saturated rings. The van der Waals surface area contributed by atoms with Crippen molar-refractivity contribution in [3.05, 3.63) is 0 Å². The summed E-state index contributed by atoms with van der Waals surface area (Å²) in [5.74, 6) is -0.0868. The van der Waals surface area contributed by atoms with Crippen LogP contribution in [0.1, 0.15) is 227 Å². The number of hydrogen-bond acceptors (Lipinski definition) is 6. The molecule has 284 valence electrons. The molecular weight excluding hydrogens is 600 g/mol. The Morgan fingerprint density at radius 2 is 0.688 bits per heavy atom. The molecule has 6 heteroatoms. The van der Waals surface area contributed by atoms with Gasteiger partial charge in [0.15, 0.2) is 6.10 Å². The zero-order valence-electron chi connectivity index (χ0n) is 32.4. The Bertz CT molecular complexity index is 721. The van der Waals surface area contributed by atoms with Gasteiger partial charge in [0.2, 0.25) is 0 Å². The highest BCUT2D eigenvalue weighted by molar-refractivity contribution is 5.71. The van der Waals surface area contributed by atoms with E-state index in [1.807, 2.05) is 0 Å². The van der Waals surface area contributed by atoms with Gasteiger partial charge in [-0.15, -0.1) is 0 Å². The van der Waals surface area contributed by atoms with Crippen molar-refractivity contribution in [2.45, 2.75) is 233 Å². The van der Waals surface area contributed by atoms with Crippen molar-refractivity contribution in [2.24, 2.45) is 5.92 Å². The van der Waals surface area contributed by atoms with E-state index >= 15 is 0 Å². The summed E-state index contributed by atoms with van der Waals surface area (Å²) in [5, 5.41) is 0. The van der Waals surface area contributed by atoms with E-state index in [2.05, 4.69) is 27.7 Å². The fourth-order valence-corrected chi connectivity index (χ4v) is 6.10. The third kappa shape index (κ3) is 35.7. The summed E-state index contributed by atoms with van der Waals surface area (Å²) in [6.07, 6.45) is 33.9. The average Bonchev–Trinajstić information content (AvgIpc) is 3.06. The summed E-state index contributed by atoms with van der Waals surface area (Å²) in [6.45, 7) is 8.89. The highest BCUT2D eigenvalue weighted by Crippen LogP contribution is 2.15. The Balaban J connectivity index is 4.30. The van der Waals surface area contributed by atoms with Gasteiger partial charge in [-0.1, -0.05) is 188 Å². The molecule has 0 N–H and O–H groups in total. The molecule has 1 atom stereocenters. The molecule has 0 unspecified atom stereocenters. The minimum atomic E-state index is -0.757. The number of hydrogen-bond donors (Lipinski definition) is 0. The predicted octanol–water partition coefficient (Wildman–Crippen LogP) is 12.8. The van der Waals surface area contributed by atoms with E-state index < -0.39 is 6.10 Å². The van der Waals surface area contributed by atoms with Crippen LogP contribution >= 0.6 is 0 Å². The van der Waals surface area contributed by atoms with Gasteiger partial charge in [0, 0.05) is 19.3 Å². The van der Waals surface area contributed by atoms with Crippen LogP contribution in [0.25, 0.3) is 0 Å². The Kier molecular flexibility index (Phi) is 35.5. The molecule has 0 aromatic heterocycles. The quantitative estimate of drug-likeness (QED) is 0.0369. The molecule has 0 bridgehead atoms. The molecular formula is C42H80O6. The second-order valence-electron chi connectivity index (χ2n) is 14.7. The van der Waals surface area contributed by atoms with Crippen molar-refractivity contribution in [3.8, 4) is 0 Å². The largest absolute Gasteiger partial charge is 0.462 e. The zero-order chi connectivity index (χ0) is 35.3.